The fraction of sp³-hybridized carbons (Fsp3) is 0.400. The Kier molecular flexibility index (Phi) is 4.90. The van der Waals surface area contributed by atoms with E-state index in [-0.39, 0.29) is 11.9 Å². The Balaban J connectivity index is 1.78. The van der Waals surface area contributed by atoms with Crippen LogP contribution in [0.25, 0.3) is 21.5 Å². The molecule has 2 heteroatoms. The van der Waals surface area contributed by atoms with Gasteiger partial charge in [-0.1, -0.05) is 56.7 Å². The van der Waals surface area contributed by atoms with Crippen LogP contribution in [0.2, 0.25) is 0 Å². The third-order valence-corrected chi connectivity index (χ3v) is 6.20. The van der Waals surface area contributed by atoms with Gasteiger partial charge in [-0.25, -0.2) is 0 Å². The highest BCUT2D eigenvalue weighted by Gasteiger charge is 2.38. The van der Waals surface area contributed by atoms with E-state index in [0.717, 1.165) is 37.7 Å². The zero-order chi connectivity index (χ0) is 18.9. The van der Waals surface area contributed by atoms with Crippen molar-refractivity contribution in [3.05, 3.63) is 60.2 Å². The molecule has 1 atom stereocenters. The van der Waals surface area contributed by atoms with Gasteiger partial charge in [0.05, 0.1) is 5.92 Å². The van der Waals surface area contributed by atoms with E-state index in [9.17, 15) is 4.79 Å². The molecule has 0 N–H and O–H groups in total. The molecule has 1 fully saturated rings. The summed E-state index contributed by atoms with van der Waals surface area (Å²) in [6.45, 7) is 4.01. The largest absolute Gasteiger partial charge is 0.454 e. The van der Waals surface area contributed by atoms with E-state index in [1.165, 1.54) is 28.0 Å². The first-order chi connectivity index (χ1) is 13.1. The molecular weight excluding hydrogens is 332 g/mol. The van der Waals surface area contributed by atoms with Gasteiger partial charge in [0, 0.05) is 0 Å². The Morgan fingerprint density at radius 2 is 1.56 bits per heavy atom. The number of rotatable bonds is 4. The molecule has 0 radical (unpaired) electrons. The molecule has 0 bridgehead atoms. The molecule has 140 valence electrons. The first kappa shape index (κ1) is 18.0. The summed E-state index contributed by atoms with van der Waals surface area (Å²) in [5, 5.41) is 4.96. The van der Waals surface area contributed by atoms with Gasteiger partial charge < -0.3 is 4.74 Å². The maximum atomic E-state index is 12.6. The number of hydrogen-bond acceptors (Lipinski definition) is 2. The molecule has 4 rings (SSSR count). The van der Waals surface area contributed by atoms with E-state index < -0.39 is 5.60 Å². The number of esters is 1. The van der Waals surface area contributed by atoms with E-state index in [4.69, 9.17) is 4.74 Å². The summed E-state index contributed by atoms with van der Waals surface area (Å²) in [6.07, 6.45) is 6.12. The average molecular weight is 360 g/mol. The Morgan fingerprint density at radius 1 is 0.926 bits per heavy atom. The van der Waals surface area contributed by atoms with E-state index in [1.54, 1.807) is 0 Å². The van der Waals surface area contributed by atoms with Gasteiger partial charge in [-0.3, -0.25) is 4.79 Å². The summed E-state index contributed by atoms with van der Waals surface area (Å²) < 4.78 is 6.22. The molecule has 1 saturated carbocycles. The molecule has 1 aliphatic carbocycles. The highest BCUT2D eigenvalue weighted by molar-refractivity contribution is 5.98. The highest BCUT2D eigenvalue weighted by Crippen LogP contribution is 2.42. The topological polar surface area (TPSA) is 26.3 Å². The molecule has 27 heavy (non-hydrogen) atoms. The number of carbonyl (C=O) groups excluding carboxylic acids is 1. The molecule has 3 aromatic carbocycles. The lowest BCUT2D eigenvalue weighted by Gasteiger charge is -2.38. The quantitative estimate of drug-likeness (QED) is 0.380. The monoisotopic (exact) mass is 360 g/mol. The van der Waals surface area contributed by atoms with Gasteiger partial charge in [-0.2, -0.15) is 0 Å². The van der Waals surface area contributed by atoms with Crippen molar-refractivity contribution in [3.63, 3.8) is 0 Å². The Hall–Kier alpha value is -2.35. The van der Waals surface area contributed by atoms with E-state index in [1.807, 2.05) is 13.8 Å². The predicted octanol–water partition coefficient (Wildman–Crippen LogP) is 6.74. The van der Waals surface area contributed by atoms with Gasteiger partial charge >= 0.3 is 5.97 Å². The third-order valence-electron chi connectivity index (χ3n) is 6.20. The lowest BCUT2D eigenvalue weighted by molar-refractivity contribution is -0.169. The van der Waals surface area contributed by atoms with Gasteiger partial charge in [-0.05, 0) is 77.4 Å². The maximum Gasteiger partial charge on any atom is 0.309 e. The Morgan fingerprint density at radius 3 is 2.22 bits per heavy atom. The van der Waals surface area contributed by atoms with Crippen LogP contribution in [0.1, 0.15) is 57.9 Å². The van der Waals surface area contributed by atoms with Crippen molar-refractivity contribution in [1.29, 1.82) is 0 Å². The molecule has 2 nitrogen and oxygen atoms in total. The van der Waals surface area contributed by atoms with Crippen molar-refractivity contribution in [2.45, 2.75) is 58.0 Å². The van der Waals surface area contributed by atoms with Gasteiger partial charge in [0.1, 0.15) is 5.60 Å². The van der Waals surface area contributed by atoms with Gasteiger partial charge in [0.15, 0.2) is 0 Å². The van der Waals surface area contributed by atoms with Gasteiger partial charge in [0.25, 0.3) is 0 Å². The van der Waals surface area contributed by atoms with E-state index >= 15 is 0 Å². The summed E-state index contributed by atoms with van der Waals surface area (Å²) in [7, 11) is 0. The molecular formula is C25H28O2. The first-order valence-corrected chi connectivity index (χ1v) is 10.3. The van der Waals surface area contributed by atoms with Crippen LogP contribution in [0.4, 0.5) is 0 Å². The van der Waals surface area contributed by atoms with E-state index in [2.05, 4.69) is 54.6 Å². The number of fused-ring (bicyclic) bond motifs is 2. The fourth-order valence-electron chi connectivity index (χ4n) is 4.26. The lowest BCUT2D eigenvalue weighted by atomic mass is 9.78. The normalized spacial score (nSPS) is 17.7. The van der Waals surface area contributed by atoms with Crippen LogP contribution >= 0.6 is 0 Å². The summed E-state index contributed by atoms with van der Waals surface area (Å²) in [6, 6.07) is 19.6. The lowest BCUT2D eigenvalue weighted by Crippen LogP contribution is -2.36. The smallest absolute Gasteiger partial charge is 0.309 e. The minimum Gasteiger partial charge on any atom is -0.454 e. The first-order valence-electron chi connectivity index (χ1n) is 10.3. The number of carbonyl (C=O) groups is 1. The summed E-state index contributed by atoms with van der Waals surface area (Å²) in [5.74, 6) is -0.105. The van der Waals surface area contributed by atoms with Crippen molar-refractivity contribution < 1.29 is 9.53 Å². The fourth-order valence-corrected chi connectivity index (χ4v) is 4.26. The van der Waals surface area contributed by atoms with Crippen LogP contribution in [0.5, 0.6) is 0 Å². The summed E-state index contributed by atoms with van der Waals surface area (Å²) in [4.78, 5) is 12.6. The van der Waals surface area contributed by atoms with Crippen LogP contribution in [0.3, 0.4) is 0 Å². The predicted molar refractivity (Wildman–Crippen MR) is 112 cm³/mol. The number of benzene rings is 3. The molecule has 0 amide bonds. The molecule has 0 saturated heterocycles. The highest BCUT2D eigenvalue weighted by atomic mass is 16.6. The van der Waals surface area contributed by atoms with Crippen LogP contribution in [-0.4, -0.2) is 5.97 Å². The molecule has 1 unspecified atom stereocenters. The van der Waals surface area contributed by atoms with Crippen molar-refractivity contribution in [3.8, 4) is 0 Å². The van der Waals surface area contributed by atoms with Crippen LogP contribution < -0.4 is 0 Å². The molecule has 1 aliphatic rings. The van der Waals surface area contributed by atoms with Crippen molar-refractivity contribution >= 4 is 27.5 Å². The standard InChI is InChI=1S/C25H28O2/c1-3-18(2)24(26)27-25(13-7-4-8-14-25)23-12-11-21-15-19-9-5-6-10-20(19)16-22(21)17-23/h5-6,9-12,15-18H,3-4,7-8,13-14H2,1-2H3. The second-order valence-corrected chi connectivity index (χ2v) is 8.05. The zero-order valence-electron chi connectivity index (χ0n) is 16.3. The summed E-state index contributed by atoms with van der Waals surface area (Å²) in [5.41, 5.74) is 0.695. The van der Waals surface area contributed by atoms with Crippen LogP contribution in [-0.2, 0) is 15.1 Å². The second-order valence-electron chi connectivity index (χ2n) is 8.05. The van der Waals surface area contributed by atoms with Gasteiger partial charge in [0.2, 0.25) is 0 Å². The molecule has 3 aromatic rings. The number of ether oxygens (including phenoxy) is 1. The summed E-state index contributed by atoms with van der Waals surface area (Å²) >= 11 is 0. The van der Waals surface area contributed by atoms with Crippen LogP contribution in [0.15, 0.2) is 54.6 Å². The molecule has 0 aromatic heterocycles. The minimum atomic E-state index is -0.460. The molecule has 0 heterocycles. The third kappa shape index (κ3) is 3.45. The van der Waals surface area contributed by atoms with Crippen LogP contribution in [0, 0.1) is 5.92 Å². The minimum absolute atomic E-state index is 0.0480. The SMILES string of the molecule is CCC(C)C(=O)OC1(c2ccc3cc4ccccc4cc3c2)CCCCC1. The second kappa shape index (κ2) is 7.34. The van der Waals surface area contributed by atoms with Crippen molar-refractivity contribution in [2.75, 3.05) is 0 Å². The van der Waals surface area contributed by atoms with Crippen molar-refractivity contribution in [2.24, 2.45) is 5.92 Å². The average Bonchev–Trinajstić information content (AvgIpc) is 2.71. The maximum absolute atomic E-state index is 12.6. The zero-order valence-corrected chi connectivity index (χ0v) is 16.3. The van der Waals surface area contributed by atoms with Gasteiger partial charge in [-0.15, -0.1) is 0 Å². The van der Waals surface area contributed by atoms with E-state index in [0.29, 0.717) is 0 Å². The molecule has 0 aliphatic heterocycles. The number of hydrogen-bond donors (Lipinski definition) is 0. The Labute approximate surface area is 161 Å². The molecule has 0 spiro atoms. The van der Waals surface area contributed by atoms with Crippen molar-refractivity contribution in [1.82, 2.24) is 0 Å². The Bertz CT molecular complexity index is 966.